The molecule has 1 fully saturated rings. The Balaban J connectivity index is 2.10. The Morgan fingerprint density at radius 3 is 2.68 bits per heavy atom. The van der Waals surface area contributed by atoms with Gasteiger partial charge in [-0.1, -0.05) is 26.2 Å². The molecule has 0 saturated heterocycles. The van der Waals surface area contributed by atoms with Gasteiger partial charge in [-0.25, -0.2) is 0 Å². The van der Waals surface area contributed by atoms with Gasteiger partial charge in [0.25, 0.3) is 5.69 Å². The highest BCUT2D eigenvalue weighted by molar-refractivity contribution is 5.54. The average Bonchev–Trinajstić information content (AvgIpc) is 2.55. The second-order valence-electron chi connectivity index (χ2n) is 5.62. The summed E-state index contributed by atoms with van der Waals surface area (Å²) in [6.07, 6.45) is 6.37. The highest BCUT2D eigenvalue weighted by Crippen LogP contribution is 2.28. The maximum absolute atomic E-state index is 10.8. The average molecular weight is 262 g/mol. The summed E-state index contributed by atoms with van der Waals surface area (Å²) in [6.45, 7) is 4.08. The smallest absolute Gasteiger partial charge is 0.272 e. The minimum atomic E-state index is -0.326. The molecule has 0 spiro atoms. The van der Waals surface area contributed by atoms with E-state index >= 15 is 0 Å². The number of hydrogen-bond acceptors (Lipinski definition) is 3. The maximum Gasteiger partial charge on any atom is 0.272 e. The lowest BCUT2D eigenvalue weighted by atomic mass is 9.96. The quantitative estimate of drug-likeness (QED) is 0.502. The molecule has 1 aromatic rings. The fraction of sp³-hybridized carbons (Fsp3) is 0.600. The van der Waals surface area contributed by atoms with Crippen LogP contribution in [0, 0.1) is 23.0 Å². The van der Waals surface area contributed by atoms with E-state index in [1.807, 2.05) is 12.1 Å². The minimum Gasteiger partial charge on any atom is -0.382 e. The van der Waals surface area contributed by atoms with Crippen LogP contribution in [0.15, 0.2) is 18.2 Å². The van der Waals surface area contributed by atoms with E-state index < -0.39 is 0 Å². The van der Waals surface area contributed by atoms with Gasteiger partial charge in [0.05, 0.1) is 4.92 Å². The number of rotatable bonds is 3. The van der Waals surface area contributed by atoms with Crippen molar-refractivity contribution in [3.8, 4) is 0 Å². The van der Waals surface area contributed by atoms with Crippen molar-refractivity contribution in [3.05, 3.63) is 33.9 Å². The van der Waals surface area contributed by atoms with E-state index in [1.54, 1.807) is 13.0 Å². The van der Waals surface area contributed by atoms with Gasteiger partial charge in [0.15, 0.2) is 0 Å². The molecular weight excluding hydrogens is 240 g/mol. The van der Waals surface area contributed by atoms with Crippen LogP contribution >= 0.6 is 0 Å². The molecule has 4 heteroatoms. The monoisotopic (exact) mass is 262 g/mol. The third kappa shape index (κ3) is 3.46. The van der Waals surface area contributed by atoms with Gasteiger partial charge in [0.1, 0.15) is 0 Å². The molecule has 104 valence electrons. The van der Waals surface area contributed by atoms with Gasteiger partial charge in [0.2, 0.25) is 0 Å². The number of nitrogens with one attached hydrogen (secondary N) is 1. The molecule has 1 saturated carbocycles. The van der Waals surface area contributed by atoms with Gasteiger partial charge in [0, 0.05) is 23.4 Å². The third-order valence-electron chi connectivity index (χ3n) is 4.11. The molecule has 0 amide bonds. The number of nitro groups is 1. The normalized spacial score (nSPS) is 23.7. The highest BCUT2D eigenvalue weighted by Gasteiger charge is 2.20. The zero-order chi connectivity index (χ0) is 13.8. The van der Waals surface area contributed by atoms with Crippen molar-refractivity contribution in [1.29, 1.82) is 0 Å². The maximum atomic E-state index is 10.8. The summed E-state index contributed by atoms with van der Waals surface area (Å²) in [4.78, 5) is 10.5. The Bertz CT molecular complexity index is 459. The van der Waals surface area contributed by atoms with Crippen molar-refractivity contribution in [2.45, 2.75) is 52.0 Å². The van der Waals surface area contributed by atoms with E-state index in [1.165, 1.54) is 32.1 Å². The molecule has 1 aromatic carbocycles. The Morgan fingerprint density at radius 2 is 2.00 bits per heavy atom. The molecule has 0 aromatic heterocycles. The molecule has 0 radical (unpaired) electrons. The largest absolute Gasteiger partial charge is 0.382 e. The minimum absolute atomic E-state index is 0.194. The zero-order valence-corrected chi connectivity index (χ0v) is 11.7. The molecule has 2 atom stereocenters. The van der Waals surface area contributed by atoms with Crippen LogP contribution in [-0.4, -0.2) is 11.0 Å². The molecule has 1 aliphatic carbocycles. The summed E-state index contributed by atoms with van der Waals surface area (Å²) in [5.74, 6) is 0.665. The van der Waals surface area contributed by atoms with Crippen molar-refractivity contribution >= 4 is 11.4 Å². The van der Waals surface area contributed by atoms with Gasteiger partial charge in [-0.15, -0.1) is 0 Å². The number of hydrogen-bond donors (Lipinski definition) is 1. The second kappa shape index (κ2) is 6.04. The molecule has 0 heterocycles. The van der Waals surface area contributed by atoms with E-state index in [-0.39, 0.29) is 10.6 Å². The van der Waals surface area contributed by atoms with Crippen molar-refractivity contribution in [2.75, 3.05) is 5.32 Å². The lowest BCUT2D eigenvalue weighted by Gasteiger charge is -2.24. The Labute approximate surface area is 114 Å². The standard InChI is InChI=1S/C15H22N2O2/c1-11-6-4-3-5-7-14(11)16-13-8-9-15(17(18)19)12(2)10-13/h8-11,14,16H,3-7H2,1-2H3. The summed E-state index contributed by atoms with van der Waals surface area (Å²) in [5.41, 5.74) is 1.91. The summed E-state index contributed by atoms with van der Waals surface area (Å²) >= 11 is 0. The summed E-state index contributed by atoms with van der Waals surface area (Å²) < 4.78 is 0. The molecule has 1 aliphatic rings. The molecule has 0 aliphatic heterocycles. The fourth-order valence-electron chi connectivity index (χ4n) is 2.87. The number of benzene rings is 1. The molecule has 1 N–H and O–H groups in total. The topological polar surface area (TPSA) is 55.2 Å². The lowest BCUT2D eigenvalue weighted by molar-refractivity contribution is -0.385. The van der Waals surface area contributed by atoms with E-state index in [2.05, 4.69) is 12.2 Å². The summed E-state index contributed by atoms with van der Waals surface area (Å²) in [7, 11) is 0. The predicted molar refractivity (Wildman–Crippen MR) is 77.5 cm³/mol. The van der Waals surface area contributed by atoms with Gasteiger partial charge >= 0.3 is 0 Å². The number of nitrogens with zero attached hydrogens (tertiary/aromatic N) is 1. The first-order chi connectivity index (χ1) is 9.08. The van der Waals surface area contributed by atoms with E-state index in [9.17, 15) is 10.1 Å². The van der Waals surface area contributed by atoms with Gasteiger partial charge in [-0.2, -0.15) is 0 Å². The van der Waals surface area contributed by atoms with Crippen LogP contribution in [0.1, 0.15) is 44.6 Å². The number of nitro benzene ring substituents is 1. The Morgan fingerprint density at radius 1 is 1.26 bits per heavy atom. The number of aryl methyl sites for hydroxylation is 1. The van der Waals surface area contributed by atoms with Crippen molar-refractivity contribution < 1.29 is 4.92 Å². The molecule has 4 nitrogen and oxygen atoms in total. The SMILES string of the molecule is Cc1cc(NC2CCCCCC2C)ccc1[N+](=O)[O-]. The zero-order valence-electron chi connectivity index (χ0n) is 11.7. The summed E-state index contributed by atoms with van der Waals surface area (Å²) in [5, 5.41) is 14.4. The first-order valence-corrected chi connectivity index (χ1v) is 7.09. The van der Waals surface area contributed by atoms with E-state index in [0.29, 0.717) is 12.0 Å². The van der Waals surface area contributed by atoms with Crippen LogP contribution in [0.25, 0.3) is 0 Å². The van der Waals surface area contributed by atoms with Crippen LogP contribution in [0.2, 0.25) is 0 Å². The van der Waals surface area contributed by atoms with Crippen molar-refractivity contribution in [2.24, 2.45) is 5.92 Å². The first kappa shape index (κ1) is 13.8. The van der Waals surface area contributed by atoms with Gasteiger partial charge in [-0.05, 0) is 37.8 Å². The number of anilines is 1. The van der Waals surface area contributed by atoms with E-state index in [4.69, 9.17) is 0 Å². The van der Waals surface area contributed by atoms with Crippen molar-refractivity contribution in [3.63, 3.8) is 0 Å². The fourth-order valence-corrected chi connectivity index (χ4v) is 2.87. The highest BCUT2D eigenvalue weighted by atomic mass is 16.6. The van der Waals surface area contributed by atoms with Crippen LogP contribution in [0.3, 0.4) is 0 Å². The molecular formula is C15H22N2O2. The lowest BCUT2D eigenvalue weighted by Crippen LogP contribution is -2.26. The Hall–Kier alpha value is -1.58. The predicted octanol–water partition coefficient (Wildman–Crippen LogP) is 4.28. The molecule has 2 unspecified atom stereocenters. The van der Waals surface area contributed by atoms with Crippen molar-refractivity contribution in [1.82, 2.24) is 0 Å². The second-order valence-corrected chi connectivity index (χ2v) is 5.62. The summed E-state index contributed by atoms with van der Waals surface area (Å²) in [6, 6.07) is 5.79. The van der Waals surface area contributed by atoms with Crippen LogP contribution < -0.4 is 5.32 Å². The van der Waals surface area contributed by atoms with Crippen LogP contribution in [-0.2, 0) is 0 Å². The van der Waals surface area contributed by atoms with Crippen LogP contribution in [0.5, 0.6) is 0 Å². The molecule has 19 heavy (non-hydrogen) atoms. The molecule has 2 rings (SSSR count). The third-order valence-corrected chi connectivity index (χ3v) is 4.11. The van der Waals surface area contributed by atoms with Gasteiger partial charge in [-0.3, -0.25) is 10.1 Å². The first-order valence-electron chi connectivity index (χ1n) is 7.09. The van der Waals surface area contributed by atoms with Crippen LogP contribution in [0.4, 0.5) is 11.4 Å². The van der Waals surface area contributed by atoms with Gasteiger partial charge < -0.3 is 5.32 Å². The Kier molecular flexibility index (Phi) is 4.40. The molecule has 0 bridgehead atoms. The van der Waals surface area contributed by atoms with E-state index in [0.717, 1.165) is 11.3 Å².